The zero-order chi connectivity index (χ0) is 17.2. The summed E-state index contributed by atoms with van der Waals surface area (Å²) in [7, 11) is 0. The van der Waals surface area contributed by atoms with Crippen LogP contribution in [-0.4, -0.2) is 21.9 Å². The van der Waals surface area contributed by atoms with Crippen LogP contribution in [0.3, 0.4) is 0 Å². The van der Waals surface area contributed by atoms with Gasteiger partial charge in [0.1, 0.15) is 0 Å². The lowest BCUT2D eigenvalue weighted by atomic mass is 10.0. The Morgan fingerprint density at radius 2 is 2.00 bits per heavy atom. The van der Waals surface area contributed by atoms with E-state index >= 15 is 0 Å². The van der Waals surface area contributed by atoms with Crippen LogP contribution in [0.1, 0.15) is 30.9 Å². The molecule has 0 N–H and O–H groups in total. The summed E-state index contributed by atoms with van der Waals surface area (Å²) in [5, 5.41) is 1.23. The highest BCUT2D eigenvalue weighted by Crippen LogP contribution is 2.33. The molecule has 128 valence electrons. The molecule has 4 heteroatoms. The van der Waals surface area contributed by atoms with E-state index in [-0.39, 0.29) is 11.9 Å². The normalized spacial score (nSPS) is 17.3. The maximum atomic E-state index is 12.8. The largest absolute Gasteiger partial charge is 0.347 e. The molecule has 0 bridgehead atoms. The van der Waals surface area contributed by atoms with Crippen LogP contribution in [0.2, 0.25) is 0 Å². The second-order valence-electron chi connectivity index (χ2n) is 6.62. The Morgan fingerprint density at radius 1 is 1.12 bits per heavy atom. The molecule has 0 spiro atoms. The smallest absolute Gasteiger partial charge is 0.224 e. The molecular formula is C21H21BrN2O. The van der Waals surface area contributed by atoms with Crippen LogP contribution in [0.5, 0.6) is 0 Å². The second kappa shape index (κ2) is 7.04. The topological polar surface area (TPSA) is 25.2 Å². The van der Waals surface area contributed by atoms with E-state index in [2.05, 4.69) is 61.9 Å². The predicted octanol–water partition coefficient (Wildman–Crippen LogP) is 5.16. The van der Waals surface area contributed by atoms with Crippen molar-refractivity contribution >= 4 is 32.7 Å². The number of aromatic nitrogens is 1. The van der Waals surface area contributed by atoms with Crippen LogP contribution in [0.25, 0.3) is 10.9 Å². The number of para-hydroxylation sites is 1. The van der Waals surface area contributed by atoms with Crippen molar-refractivity contribution < 1.29 is 4.79 Å². The SMILES string of the molecule is O=C(CCn1ccc2ccccc21)N1CCCC1c1cccc(Br)c1. The number of rotatable bonds is 4. The van der Waals surface area contributed by atoms with Gasteiger partial charge in [0.25, 0.3) is 0 Å². The van der Waals surface area contributed by atoms with Gasteiger partial charge in [0.2, 0.25) is 5.91 Å². The Bertz CT molecular complexity index is 902. The van der Waals surface area contributed by atoms with E-state index < -0.39 is 0 Å². The number of carbonyl (C=O) groups is 1. The molecule has 2 heterocycles. The second-order valence-corrected chi connectivity index (χ2v) is 7.53. The third-order valence-corrected chi connectivity index (χ3v) is 5.55. The summed E-state index contributed by atoms with van der Waals surface area (Å²) in [6, 6.07) is 19.0. The molecule has 25 heavy (non-hydrogen) atoms. The highest BCUT2D eigenvalue weighted by molar-refractivity contribution is 9.10. The summed E-state index contributed by atoms with van der Waals surface area (Å²) in [5.41, 5.74) is 2.42. The van der Waals surface area contributed by atoms with Crippen molar-refractivity contribution in [3.8, 4) is 0 Å². The summed E-state index contributed by atoms with van der Waals surface area (Å²) < 4.78 is 3.25. The van der Waals surface area contributed by atoms with Crippen LogP contribution in [0.15, 0.2) is 65.3 Å². The van der Waals surface area contributed by atoms with Crippen LogP contribution < -0.4 is 0 Å². The summed E-state index contributed by atoms with van der Waals surface area (Å²) in [4.78, 5) is 14.9. The van der Waals surface area contributed by atoms with Gasteiger partial charge in [-0.3, -0.25) is 4.79 Å². The molecule has 0 aliphatic carbocycles. The Labute approximate surface area is 156 Å². The molecule has 1 aromatic heterocycles. The van der Waals surface area contributed by atoms with Crippen LogP contribution in [0, 0.1) is 0 Å². The van der Waals surface area contributed by atoms with Crippen molar-refractivity contribution in [3.05, 3.63) is 70.8 Å². The van der Waals surface area contributed by atoms with Crippen LogP contribution >= 0.6 is 15.9 Å². The van der Waals surface area contributed by atoms with Crippen LogP contribution in [0.4, 0.5) is 0 Å². The fourth-order valence-electron chi connectivity index (χ4n) is 3.82. The summed E-state index contributed by atoms with van der Waals surface area (Å²) in [6.07, 6.45) is 4.75. The number of amides is 1. The molecule has 1 atom stereocenters. The summed E-state index contributed by atoms with van der Waals surface area (Å²) in [5.74, 6) is 0.250. The summed E-state index contributed by atoms with van der Waals surface area (Å²) >= 11 is 3.54. The van der Waals surface area contributed by atoms with E-state index in [0.29, 0.717) is 6.42 Å². The third-order valence-electron chi connectivity index (χ3n) is 5.05. The van der Waals surface area contributed by atoms with Gasteiger partial charge >= 0.3 is 0 Å². The number of halogens is 1. The Hall–Kier alpha value is -2.07. The number of nitrogens with zero attached hydrogens (tertiary/aromatic N) is 2. The van der Waals surface area contributed by atoms with Gasteiger partial charge in [0.15, 0.2) is 0 Å². The maximum absolute atomic E-state index is 12.8. The van der Waals surface area contributed by atoms with E-state index in [1.165, 1.54) is 16.5 Å². The molecule has 3 nitrogen and oxygen atoms in total. The first-order chi connectivity index (χ1) is 12.2. The van der Waals surface area contributed by atoms with Crippen molar-refractivity contribution in [1.82, 2.24) is 9.47 Å². The van der Waals surface area contributed by atoms with Gasteiger partial charge in [-0.1, -0.05) is 46.3 Å². The maximum Gasteiger partial charge on any atom is 0.224 e. The Kier molecular flexibility index (Phi) is 4.62. The Morgan fingerprint density at radius 3 is 2.88 bits per heavy atom. The van der Waals surface area contributed by atoms with E-state index in [1.54, 1.807) is 0 Å². The fourth-order valence-corrected chi connectivity index (χ4v) is 4.24. The first-order valence-electron chi connectivity index (χ1n) is 8.81. The lowest BCUT2D eigenvalue weighted by Gasteiger charge is -2.25. The van der Waals surface area contributed by atoms with Gasteiger partial charge < -0.3 is 9.47 Å². The van der Waals surface area contributed by atoms with E-state index in [0.717, 1.165) is 30.4 Å². The van der Waals surface area contributed by atoms with E-state index in [4.69, 9.17) is 0 Å². The average Bonchev–Trinajstić information content (AvgIpc) is 3.27. The molecule has 0 saturated carbocycles. The minimum Gasteiger partial charge on any atom is -0.347 e. The Balaban J connectivity index is 1.47. The quantitative estimate of drug-likeness (QED) is 0.597. The number of fused-ring (bicyclic) bond motifs is 1. The highest BCUT2D eigenvalue weighted by Gasteiger charge is 2.29. The van der Waals surface area contributed by atoms with Crippen molar-refractivity contribution in [2.45, 2.75) is 31.8 Å². The zero-order valence-corrected chi connectivity index (χ0v) is 15.7. The molecule has 1 saturated heterocycles. The van der Waals surface area contributed by atoms with Crippen LogP contribution in [-0.2, 0) is 11.3 Å². The zero-order valence-electron chi connectivity index (χ0n) is 14.1. The molecular weight excluding hydrogens is 376 g/mol. The number of carbonyl (C=O) groups excluding carboxylic acids is 1. The van der Waals surface area contributed by atoms with Gasteiger partial charge in [-0.05, 0) is 48.1 Å². The molecule has 3 aromatic rings. The van der Waals surface area contributed by atoms with Gasteiger partial charge in [-0.2, -0.15) is 0 Å². The third kappa shape index (κ3) is 3.36. The number of aryl methyl sites for hydroxylation is 1. The molecule has 1 fully saturated rings. The lowest BCUT2D eigenvalue weighted by Crippen LogP contribution is -2.31. The average molecular weight is 397 g/mol. The molecule has 1 unspecified atom stereocenters. The lowest BCUT2D eigenvalue weighted by molar-refractivity contribution is -0.132. The molecule has 1 aliphatic heterocycles. The molecule has 2 aromatic carbocycles. The monoisotopic (exact) mass is 396 g/mol. The standard InChI is InChI=1S/C21H21BrN2O/c22-18-7-3-6-17(15-18)20-9-4-12-24(20)21(25)11-14-23-13-10-16-5-1-2-8-19(16)23/h1-3,5-8,10,13,15,20H,4,9,11-12,14H2. The number of hydrogen-bond acceptors (Lipinski definition) is 1. The number of likely N-dealkylation sites (tertiary alicyclic amines) is 1. The molecule has 1 aliphatic rings. The fraction of sp³-hybridized carbons (Fsp3) is 0.286. The molecule has 0 radical (unpaired) electrons. The van der Waals surface area contributed by atoms with Gasteiger partial charge in [0.05, 0.1) is 6.04 Å². The van der Waals surface area contributed by atoms with Crippen molar-refractivity contribution in [2.75, 3.05) is 6.54 Å². The molecule has 4 rings (SSSR count). The minimum absolute atomic E-state index is 0.214. The van der Waals surface area contributed by atoms with E-state index in [9.17, 15) is 4.79 Å². The predicted molar refractivity (Wildman–Crippen MR) is 104 cm³/mol. The highest BCUT2D eigenvalue weighted by atomic mass is 79.9. The van der Waals surface area contributed by atoms with Crippen molar-refractivity contribution in [1.29, 1.82) is 0 Å². The van der Waals surface area contributed by atoms with Gasteiger partial charge in [0, 0.05) is 35.7 Å². The minimum atomic E-state index is 0.214. The first-order valence-corrected chi connectivity index (χ1v) is 9.60. The number of benzene rings is 2. The molecule has 1 amide bonds. The van der Waals surface area contributed by atoms with Gasteiger partial charge in [-0.25, -0.2) is 0 Å². The van der Waals surface area contributed by atoms with Crippen molar-refractivity contribution in [2.24, 2.45) is 0 Å². The number of hydrogen-bond donors (Lipinski definition) is 0. The van der Waals surface area contributed by atoms with Crippen molar-refractivity contribution in [3.63, 3.8) is 0 Å². The first kappa shape index (κ1) is 16.4. The van der Waals surface area contributed by atoms with Gasteiger partial charge in [-0.15, -0.1) is 0 Å². The van der Waals surface area contributed by atoms with E-state index in [1.807, 2.05) is 24.3 Å². The summed E-state index contributed by atoms with van der Waals surface area (Å²) in [6.45, 7) is 1.59.